The lowest BCUT2D eigenvalue weighted by Gasteiger charge is -2.36. The molecule has 142 valence electrons. The third kappa shape index (κ3) is 4.07. The molecule has 0 radical (unpaired) electrons. The monoisotopic (exact) mass is 364 g/mol. The van der Waals surface area contributed by atoms with E-state index in [0.29, 0.717) is 5.56 Å². The zero-order valence-electron chi connectivity index (χ0n) is 16.1. The van der Waals surface area contributed by atoms with Crippen molar-refractivity contribution in [3.63, 3.8) is 0 Å². The Kier molecular flexibility index (Phi) is 5.28. The highest BCUT2D eigenvalue weighted by Gasteiger charge is 2.23. The Balaban J connectivity index is 1.39. The largest absolute Gasteiger partial charge is 0.370 e. The van der Waals surface area contributed by atoms with Crippen LogP contribution in [0.25, 0.3) is 0 Å². The normalized spacial score (nSPS) is 18.6. The van der Waals surface area contributed by atoms with Crippen LogP contribution in [-0.2, 0) is 0 Å². The van der Waals surface area contributed by atoms with Crippen molar-refractivity contribution >= 4 is 17.3 Å². The number of piperidine rings is 1. The molecule has 0 unspecified atom stereocenters. The number of carbonyl (C=O) groups is 1. The van der Waals surface area contributed by atoms with Crippen LogP contribution >= 0.6 is 0 Å². The molecule has 0 aliphatic carbocycles. The van der Waals surface area contributed by atoms with Crippen LogP contribution in [0.5, 0.6) is 0 Å². The van der Waals surface area contributed by atoms with E-state index in [1.165, 1.54) is 18.5 Å². The van der Waals surface area contributed by atoms with Crippen LogP contribution < -0.4 is 9.80 Å². The molecule has 0 atom stereocenters. The molecule has 0 N–H and O–H groups in total. The number of hydrogen-bond donors (Lipinski definition) is 0. The lowest BCUT2D eigenvalue weighted by molar-refractivity contribution is 0.0746. The molecule has 27 heavy (non-hydrogen) atoms. The minimum absolute atomic E-state index is 0.0995. The summed E-state index contributed by atoms with van der Waals surface area (Å²) >= 11 is 0. The molecule has 2 aromatic rings. The van der Waals surface area contributed by atoms with Crippen molar-refractivity contribution in [3.8, 4) is 0 Å². The number of pyridine rings is 1. The second-order valence-electron chi connectivity index (χ2n) is 7.72. The summed E-state index contributed by atoms with van der Waals surface area (Å²) < 4.78 is 0. The van der Waals surface area contributed by atoms with E-state index in [-0.39, 0.29) is 5.91 Å². The van der Waals surface area contributed by atoms with E-state index >= 15 is 0 Å². The molecule has 0 saturated carbocycles. The fraction of sp³-hybridized carbons (Fsp3) is 0.455. The summed E-state index contributed by atoms with van der Waals surface area (Å²) in [5.74, 6) is 0.891. The van der Waals surface area contributed by atoms with E-state index in [2.05, 4.69) is 46.0 Å². The molecule has 5 nitrogen and oxygen atoms in total. The maximum Gasteiger partial charge on any atom is 0.255 e. The number of nitrogens with zero attached hydrogens (tertiary/aromatic N) is 4. The standard InChI is InChI=1S/C22H28N4O/c1-18-7-9-24(10-8-18)21-15-19(16-23-17-21)22(27)26-13-11-25(12-14-26)20-5-3-2-4-6-20/h2-6,15-18H,7-14H2,1H3. The Morgan fingerprint density at radius 1 is 0.889 bits per heavy atom. The Morgan fingerprint density at radius 2 is 1.56 bits per heavy atom. The number of anilines is 2. The summed E-state index contributed by atoms with van der Waals surface area (Å²) in [5, 5.41) is 0. The van der Waals surface area contributed by atoms with Crippen molar-refractivity contribution in [1.29, 1.82) is 0 Å². The first-order chi connectivity index (χ1) is 13.2. The molecule has 2 aliphatic heterocycles. The third-order valence-electron chi connectivity index (χ3n) is 5.81. The summed E-state index contributed by atoms with van der Waals surface area (Å²) in [6.45, 7) is 7.65. The van der Waals surface area contributed by atoms with Crippen LogP contribution in [0, 0.1) is 5.92 Å². The second kappa shape index (κ2) is 7.99. The van der Waals surface area contributed by atoms with Gasteiger partial charge in [-0.15, -0.1) is 0 Å². The molecule has 0 spiro atoms. The van der Waals surface area contributed by atoms with Gasteiger partial charge in [0.1, 0.15) is 0 Å². The van der Waals surface area contributed by atoms with Crippen molar-refractivity contribution in [2.75, 3.05) is 49.1 Å². The van der Waals surface area contributed by atoms with E-state index in [9.17, 15) is 4.79 Å². The van der Waals surface area contributed by atoms with E-state index in [0.717, 1.165) is 50.9 Å². The van der Waals surface area contributed by atoms with Crippen LogP contribution in [0.15, 0.2) is 48.8 Å². The molecule has 2 saturated heterocycles. The minimum Gasteiger partial charge on any atom is -0.370 e. The van der Waals surface area contributed by atoms with Crippen LogP contribution in [0.4, 0.5) is 11.4 Å². The zero-order chi connectivity index (χ0) is 18.6. The van der Waals surface area contributed by atoms with Gasteiger partial charge in [0, 0.05) is 51.2 Å². The molecular weight excluding hydrogens is 336 g/mol. The summed E-state index contributed by atoms with van der Waals surface area (Å²) in [6, 6.07) is 12.4. The van der Waals surface area contributed by atoms with Crippen molar-refractivity contribution in [2.24, 2.45) is 5.92 Å². The number of hydrogen-bond acceptors (Lipinski definition) is 4. The Labute approximate surface area is 161 Å². The van der Waals surface area contributed by atoms with Crippen LogP contribution in [0.2, 0.25) is 0 Å². The van der Waals surface area contributed by atoms with Gasteiger partial charge in [0.25, 0.3) is 5.91 Å². The van der Waals surface area contributed by atoms with Gasteiger partial charge in [-0.3, -0.25) is 9.78 Å². The number of carbonyl (C=O) groups excluding carboxylic acids is 1. The van der Waals surface area contributed by atoms with Crippen LogP contribution in [-0.4, -0.2) is 55.1 Å². The third-order valence-corrected chi connectivity index (χ3v) is 5.81. The van der Waals surface area contributed by atoms with E-state index < -0.39 is 0 Å². The Bertz CT molecular complexity index is 763. The number of para-hydroxylation sites is 1. The van der Waals surface area contributed by atoms with Gasteiger partial charge in [0.05, 0.1) is 17.4 Å². The van der Waals surface area contributed by atoms with Gasteiger partial charge < -0.3 is 14.7 Å². The molecule has 5 heteroatoms. The number of amides is 1. The maximum atomic E-state index is 13.0. The number of piperazine rings is 1. The lowest BCUT2D eigenvalue weighted by Crippen LogP contribution is -2.48. The van der Waals surface area contributed by atoms with Gasteiger partial charge in [-0.05, 0) is 37.0 Å². The highest BCUT2D eigenvalue weighted by atomic mass is 16.2. The fourth-order valence-electron chi connectivity index (χ4n) is 3.97. The molecule has 2 aliphatic rings. The Morgan fingerprint density at radius 3 is 2.26 bits per heavy atom. The number of benzene rings is 1. The predicted molar refractivity (Wildman–Crippen MR) is 109 cm³/mol. The van der Waals surface area contributed by atoms with E-state index in [1.54, 1.807) is 6.20 Å². The van der Waals surface area contributed by atoms with Crippen LogP contribution in [0.3, 0.4) is 0 Å². The predicted octanol–water partition coefficient (Wildman–Crippen LogP) is 3.28. The van der Waals surface area contributed by atoms with Gasteiger partial charge in [-0.2, -0.15) is 0 Å². The Hall–Kier alpha value is -2.56. The van der Waals surface area contributed by atoms with Crippen molar-refractivity contribution < 1.29 is 4.79 Å². The summed E-state index contributed by atoms with van der Waals surface area (Å²) in [6.07, 6.45) is 6.02. The highest BCUT2D eigenvalue weighted by molar-refractivity contribution is 5.95. The molecule has 0 bridgehead atoms. The summed E-state index contributed by atoms with van der Waals surface area (Å²) in [5.41, 5.74) is 3.02. The topological polar surface area (TPSA) is 39.7 Å². The summed E-state index contributed by atoms with van der Waals surface area (Å²) in [7, 11) is 0. The zero-order valence-corrected chi connectivity index (χ0v) is 16.1. The highest BCUT2D eigenvalue weighted by Crippen LogP contribution is 2.24. The maximum absolute atomic E-state index is 13.0. The molecule has 3 heterocycles. The summed E-state index contributed by atoms with van der Waals surface area (Å²) in [4.78, 5) is 24.0. The average molecular weight is 364 g/mol. The first kappa shape index (κ1) is 17.8. The first-order valence-corrected chi connectivity index (χ1v) is 10.00. The van der Waals surface area contributed by atoms with Crippen molar-refractivity contribution in [3.05, 3.63) is 54.4 Å². The molecule has 1 amide bonds. The lowest BCUT2D eigenvalue weighted by atomic mass is 9.99. The molecular formula is C22H28N4O. The second-order valence-corrected chi connectivity index (χ2v) is 7.72. The van der Waals surface area contributed by atoms with Gasteiger partial charge in [-0.1, -0.05) is 25.1 Å². The van der Waals surface area contributed by atoms with Gasteiger partial charge in [0.15, 0.2) is 0 Å². The minimum atomic E-state index is 0.0995. The first-order valence-electron chi connectivity index (χ1n) is 10.00. The smallest absolute Gasteiger partial charge is 0.255 e. The SMILES string of the molecule is CC1CCN(c2cncc(C(=O)N3CCN(c4ccccc4)CC3)c2)CC1. The fourth-order valence-corrected chi connectivity index (χ4v) is 3.97. The molecule has 1 aromatic carbocycles. The molecule has 2 fully saturated rings. The van der Waals surface area contributed by atoms with Gasteiger partial charge in [-0.25, -0.2) is 0 Å². The van der Waals surface area contributed by atoms with Crippen molar-refractivity contribution in [2.45, 2.75) is 19.8 Å². The van der Waals surface area contributed by atoms with Crippen LogP contribution in [0.1, 0.15) is 30.1 Å². The van der Waals surface area contributed by atoms with E-state index in [4.69, 9.17) is 0 Å². The molecule has 4 rings (SSSR count). The number of rotatable bonds is 3. The van der Waals surface area contributed by atoms with Crippen molar-refractivity contribution in [1.82, 2.24) is 9.88 Å². The van der Waals surface area contributed by atoms with Gasteiger partial charge in [0.2, 0.25) is 0 Å². The number of aromatic nitrogens is 1. The quantitative estimate of drug-likeness (QED) is 0.838. The van der Waals surface area contributed by atoms with Gasteiger partial charge >= 0.3 is 0 Å². The molecule has 1 aromatic heterocycles. The average Bonchev–Trinajstić information content (AvgIpc) is 2.75. The van der Waals surface area contributed by atoms with E-state index in [1.807, 2.05) is 23.2 Å².